The van der Waals surface area contributed by atoms with Crippen LogP contribution in [0.1, 0.15) is 16.8 Å². The molecule has 0 saturated heterocycles. The van der Waals surface area contributed by atoms with Gasteiger partial charge in [0, 0.05) is 18.3 Å². The van der Waals surface area contributed by atoms with Crippen molar-refractivity contribution in [2.75, 3.05) is 0 Å². The molecule has 0 fully saturated rings. The second kappa shape index (κ2) is 6.76. The first-order valence-electron chi connectivity index (χ1n) is 9.01. The number of H-pyrrole nitrogens is 1. The third-order valence-electron chi connectivity index (χ3n) is 4.95. The first-order chi connectivity index (χ1) is 13.0. The standard InChI is InChI=1S/C22H21N3O2/c1-15-7-6-10-18(13-15)25-22(27)21-16(2)24(20(26)14-19(21)23-25)12-11-17-8-4-3-5-9-17/h3-10,13-14,23H,11-12H2,1-2H3. The molecule has 5 heteroatoms. The maximum Gasteiger partial charge on any atom is 0.280 e. The Morgan fingerprint density at radius 2 is 1.70 bits per heavy atom. The summed E-state index contributed by atoms with van der Waals surface area (Å²) in [5.74, 6) is 0. The predicted molar refractivity (Wildman–Crippen MR) is 108 cm³/mol. The Balaban J connectivity index is 1.80. The van der Waals surface area contributed by atoms with Gasteiger partial charge in [-0.2, -0.15) is 0 Å². The van der Waals surface area contributed by atoms with Gasteiger partial charge < -0.3 is 4.57 Å². The lowest BCUT2D eigenvalue weighted by molar-refractivity contribution is 0.655. The molecule has 2 aromatic heterocycles. The van der Waals surface area contributed by atoms with Gasteiger partial charge in [0.15, 0.2) is 0 Å². The number of aryl methyl sites for hydroxylation is 3. The molecule has 0 unspecified atom stereocenters. The lowest BCUT2D eigenvalue weighted by Crippen LogP contribution is -2.24. The normalized spacial score (nSPS) is 11.2. The van der Waals surface area contributed by atoms with E-state index in [4.69, 9.17) is 0 Å². The lowest BCUT2D eigenvalue weighted by atomic mass is 10.1. The lowest BCUT2D eigenvalue weighted by Gasteiger charge is -2.10. The van der Waals surface area contributed by atoms with Crippen LogP contribution in [0, 0.1) is 13.8 Å². The third-order valence-corrected chi connectivity index (χ3v) is 4.95. The molecule has 0 spiro atoms. The Labute approximate surface area is 156 Å². The smallest absolute Gasteiger partial charge is 0.280 e. The van der Waals surface area contributed by atoms with Crippen LogP contribution < -0.4 is 11.1 Å². The van der Waals surface area contributed by atoms with Crippen molar-refractivity contribution in [3.8, 4) is 5.69 Å². The molecule has 2 heterocycles. The van der Waals surface area contributed by atoms with Crippen molar-refractivity contribution in [2.24, 2.45) is 0 Å². The van der Waals surface area contributed by atoms with Gasteiger partial charge in [0.05, 0.1) is 16.6 Å². The van der Waals surface area contributed by atoms with Crippen LogP contribution in [-0.4, -0.2) is 14.3 Å². The van der Waals surface area contributed by atoms with E-state index in [2.05, 4.69) is 5.10 Å². The van der Waals surface area contributed by atoms with Crippen molar-refractivity contribution in [2.45, 2.75) is 26.8 Å². The summed E-state index contributed by atoms with van der Waals surface area (Å²) in [7, 11) is 0. The van der Waals surface area contributed by atoms with Gasteiger partial charge in [0.25, 0.3) is 11.1 Å². The molecule has 1 N–H and O–H groups in total. The quantitative estimate of drug-likeness (QED) is 0.607. The molecule has 4 aromatic rings. The van der Waals surface area contributed by atoms with E-state index in [1.165, 1.54) is 10.7 Å². The van der Waals surface area contributed by atoms with E-state index in [0.717, 1.165) is 23.2 Å². The fraction of sp³-hybridized carbons (Fsp3) is 0.182. The first-order valence-corrected chi connectivity index (χ1v) is 9.01. The number of aromatic amines is 1. The number of hydrogen-bond acceptors (Lipinski definition) is 2. The van der Waals surface area contributed by atoms with Gasteiger partial charge in [-0.15, -0.1) is 0 Å². The minimum absolute atomic E-state index is 0.103. The summed E-state index contributed by atoms with van der Waals surface area (Å²) in [6, 6.07) is 19.3. The van der Waals surface area contributed by atoms with E-state index < -0.39 is 0 Å². The summed E-state index contributed by atoms with van der Waals surface area (Å²) >= 11 is 0. The van der Waals surface area contributed by atoms with Crippen LogP contribution in [0.15, 0.2) is 70.3 Å². The zero-order valence-electron chi connectivity index (χ0n) is 15.4. The zero-order chi connectivity index (χ0) is 19.0. The minimum atomic E-state index is -0.137. The summed E-state index contributed by atoms with van der Waals surface area (Å²) in [5.41, 5.74) is 4.02. The molecular weight excluding hydrogens is 338 g/mol. The molecule has 0 amide bonds. The number of nitrogens with zero attached hydrogens (tertiary/aromatic N) is 2. The van der Waals surface area contributed by atoms with Crippen LogP contribution in [0.3, 0.4) is 0 Å². The molecule has 27 heavy (non-hydrogen) atoms. The van der Waals surface area contributed by atoms with Crippen LogP contribution in [0.5, 0.6) is 0 Å². The van der Waals surface area contributed by atoms with Gasteiger partial charge in [0.2, 0.25) is 0 Å². The van der Waals surface area contributed by atoms with E-state index >= 15 is 0 Å². The summed E-state index contributed by atoms with van der Waals surface area (Å²) < 4.78 is 3.19. The predicted octanol–water partition coefficient (Wildman–Crippen LogP) is 3.34. The Kier molecular flexibility index (Phi) is 4.28. The molecular formula is C22H21N3O2. The summed E-state index contributed by atoms with van der Waals surface area (Å²) in [5, 5.41) is 3.64. The highest BCUT2D eigenvalue weighted by atomic mass is 16.1. The topological polar surface area (TPSA) is 59.8 Å². The van der Waals surface area contributed by atoms with Crippen LogP contribution >= 0.6 is 0 Å². The van der Waals surface area contributed by atoms with Crippen LogP contribution in [0.25, 0.3) is 16.6 Å². The molecule has 0 atom stereocenters. The average Bonchev–Trinajstić information content (AvgIpc) is 2.99. The van der Waals surface area contributed by atoms with Crippen molar-refractivity contribution in [1.82, 2.24) is 14.3 Å². The van der Waals surface area contributed by atoms with E-state index in [9.17, 15) is 9.59 Å². The van der Waals surface area contributed by atoms with Gasteiger partial charge >= 0.3 is 0 Å². The van der Waals surface area contributed by atoms with Gasteiger partial charge in [-0.25, -0.2) is 4.68 Å². The highest BCUT2D eigenvalue weighted by molar-refractivity contribution is 5.80. The van der Waals surface area contributed by atoms with Crippen LogP contribution in [0.4, 0.5) is 0 Å². The molecule has 0 aliphatic heterocycles. The highest BCUT2D eigenvalue weighted by Gasteiger charge is 2.15. The number of hydrogen-bond donors (Lipinski definition) is 1. The Hall–Kier alpha value is -3.34. The van der Waals surface area contributed by atoms with Crippen molar-refractivity contribution >= 4 is 10.9 Å². The monoisotopic (exact) mass is 359 g/mol. The minimum Gasteiger partial charge on any atom is -0.312 e. The molecule has 0 bridgehead atoms. The van der Waals surface area contributed by atoms with Gasteiger partial charge in [0.1, 0.15) is 0 Å². The van der Waals surface area contributed by atoms with Gasteiger partial charge in [-0.05, 0) is 43.5 Å². The number of fused-ring (bicyclic) bond motifs is 1. The largest absolute Gasteiger partial charge is 0.312 e. The van der Waals surface area contributed by atoms with Crippen molar-refractivity contribution in [1.29, 1.82) is 0 Å². The van der Waals surface area contributed by atoms with E-state index in [-0.39, 0.29) is 11.1 Å². The number of pyridine rings is 1. The van der Waals surface area contributed by atoms with Crippen LogP contribution in [-0.2, 0) is 13.0 Å². The summed E-state index contributed by atoms with van der Waals surface area (Å²) in [4.78, 5) is 25.6. The Morgan fingerprint density at radius 3 is 2.44 bits per heavy atom. The van der Waals surface area contributed by atoms with Gasteiger partial charge in [-0.1, -0.05) is 42.5 Å². The van der Waals surface area contributed by atoms with Crippen molar-refractivity contribution in [3.05, 3.63) is 98.2 Å². The Morgan fingerprint density at radius 1 is 0.926 bits per heavy atom. The molecule has 2 aromatic carbocycles. The zero-order valence-corrected chi connectivity index (χ0v) is 15.4. The summed E-state index contributed by atoms with van der Waals surface area (Å²) in [6.45, 7) is 4.36. The number of benzene rings is 2. The SMILES string of the molecule is Cc1cccc(-n2[nH]c3cc(=O)n(CCc4ccccc4)c(C)c3c2=O)c1. The van der Waals surface area contributed by atoms with Crippen molar-refractivity contribution < 1.29 is 0 Å². The summed E-state index contributed by atoms with van der Waals surface area (Å²) in [6.07, 6.45) is 0.740. The first kappa shape index (κ1) is 17.1. The number of nitrogens with one attached hydrogen (secondary N) is 1. The molecule has 0 saturated carbocycles. The van der Waals surface area contributed by atoms with Gasteiger partial charge in [-0.3, -0.25) is 14.7 Å². The average molecular weight is 359 g/mol. The number of rotatable bonds is 4. The van der Waals surface area contributed by atoms with Crippen LogP contribution in [0.2, 0.25) is 0 Å². The van der Waals surface area contributed by atoms with E-state index in [0.29, 0.717) is 23.1 Å². The fourth-order valence-corrected chi connectivity index (χ4v) is 3.52. The molecule has 0 aliphatic carbocycles. The van der Waals surface area contributed by atoms with E-state index in [1.807, 2.05) is 68.4 Å². The van der Waals surface area contributed by atoms with Crippen molar-refractivity contribution in [3.63, 3.8) is 0 Å². The third kappa shape index (κ3) is 3.12. The van der Waals surface area contributed by atoms with E-state index in [1.54, 1.807) is 4.57 Å². The molecule has 5 nitrogen and oxygen atoms in total. The molecule has 136 valence electrons. The maximum absolute atomic E-state index is 13.0. The number of aromatic nitrogens is 3. The maximum atomic E-state index is 13.0. The Bertz CT molecular complexity index is 1230. The molecule has 0 radical (unpaired) electrons. The second-order valence-corrected chi connectivity index (χ2v) is 6.84. The molecule has 0 aliphatic rings. The second-order valence-electron chi connectivity index (χ2n) is 6.84. The molecule has 4 rings (SSSR count). The highest BCUT2D eigenvalue weighted by Crippen LogP contribution is 2.15. The fourth-order valence-electron chi connectivity index (χ4n) is 3.52.